The van der Waals surface area contributed by atoms with Gasteiger partial charge in [-0.2, -0.15) is 0 Å². The van der Waals surface area contributed by atoms with Crippen molar-refractivity contribution in [2.24, 2.45) is 0 Å². The molecule has 3 rings (SSSR count). The Morgan fingerprint density at radius 3 is 3.11 bits per heavy atom. The van der Waals surface area contributed by atoms with Crippen molar-refractivity contribution >= 4 is 11.5 Å². The molecule has 5 heteroatoms. The molecule has 3 N–H and O–H groups in total. The van der Waals surface area contributed by atoms with Crippen LogP contribution in [0.5, 0.6) is 0 Å². The monoisotopic (exact) mass is 242 g/mol. The van der Waals surface area contributed by atoms with Crippen LogP contribution in [0, 0.1) is 0 Å². The van der Waals surface area contributed by atoms with Crippen LogP contribution in [0.3, 0.4) is 0 Å². The third kappa shape index (κ3) is 1.73. The summed E-state index contributed by atoms with van der Waals surface area (Å²) in [6.45, 7) is 1.45. The average Bonchev–Trinajstić information content (AvgIpc) is 2.39. The summed E-state index contributed by atoms with van der Waals surface area (Å²) < 4.78 is 0. The maximum Gasteiger partial charge on any atom is 0.290 e. The van der Waals surface area contributed by atoms with Gasteiger partial charge in [-0.15, -0.1) is 0 Å². The van der Waals surface area contributed by atoms with Crippen LogP contribution in [0.2, 0.25) is 0 Å². The standard InChI is InChI=1S/C13H14N4O/c14-11-3-1-2-9-8-17(7-4-10(9)11)12-13(18)16-6-5-15-12/h1-3,5-6H,4,7-8,14H2,(H,16,18). The molecule has 0 amide bonds. The van der Waals surface area contributed by atoms with Gasteiger partial charge in [0.15, 0.2) is 5.82 Å². The Balaban J connectivity index is 1.97. The van der Waals surface area contributed by atoms with Crippen LogP contribution in [0.25, 0.3) is 0 Å². The summed E-state index contributed by atoms with van der Waals surface area (Å²) in [4.78, 5) is 20.5. The van der Waals surface area contributed by atoms with Gasteiger partial charge in [0.1, 0.15) is 0 Å². The maximum atomic E-state index is 11.7. The molecule has 0 bridgehead atoms. The number of rotatable bonds is 1. The van der Waals surface area contributed by atoms with Crippen LogP contribution in [-0.4, -0.2) is 16.5 Å². The Morgan fingerprint density at radius 2 is 2.28 bits per heavy atom. The highest BCUT2D eigenvalue weighted by Crippen LogP contribution is 2.25. The van der Waals surface area contributed by atoms with Crippen molar-refractivity contribution in [1.29, 1.82) is 0 Å². The number of aromatic nitrogens is 2. The second-order valence-electron chi connectivity index (χ2n) is 4.40. The van der Waals surface area contributed by atoms with E-state index in [1.165, 1.54) is 11.1 Å². The van der Waals surface area contributed by atoms with Crippen molar-refractivity contribution in [3.8, 4) is 0 Å². The molecule has 18 heavy (non-hydrogen) atoms. The van der Waals surface area contributed by atoms with Gasteiger partial charge in [0.05, 0.1) is 0 Å². The van der Waals surface area contributed by atoms with E-state index in [0.717, 1.165) is 18.7 Å². The first-order valence-corrected chi connectivity index (χ1v) is 5.90. The van der Waals surface area contributed by atoms with E-state index in [9.17, 15) is 4.79 Å². The number of H-pyrrole nitrogens is 1. The molecule has 0 saturated carbocycles. The van der Waals surface area contributed by atoms with Crippen molar-refractivity contribution in [3.63, 3.8) is 0 Å². The molecule has 0 aliphatic carbocycles. The Labute approximate surface area is 104 Å². The molecule has 1 aromatic carbocycles. The van der Waals surface area contributed by atoms with Crippen LogP contribution in [0.4, 0.5) is 11.5 Å². The van der Waals surface area contributed by atoms with Crippen LogP contribution in [-0.2, 0) is 13.0 Å². The van der Waals surface area contributed by atoms with Crippen molar-refractivity contribution in [2.75, 3.05) is 17.2 Å². The van der Waals surface area contributed by atoms with Crippen LogP contribution < -0.4 is 16.2 Å². The van der Waals surface area contributed by atoms with Gasteiger partial charge < -0.3 is 15.6 Å². The quantitative estimate of drug-likeness (QED) is 0.729. The van der Waals surface area contributed by atoms with E-state index >= 15 is 0 Å². The lowest BCUT2D eigenvalue weighted by Crippen LogP contribution is -2.35. The lowest BCUT2D eigenvalue weighted by atomic mass is 9.98. The first-order chi connectivity index (χ1) is 8.75. The van der Waals surface area contributed by atoms with Gasteiger partial charge in [-0.05, 0) is 23.6 Å². The van der Waals surface area contributed by atoms with Crippen molar-refractivity contribution < 1.29 is 0 Å². The fourth-order valence-corrected chi connectivity index (χ4v) is 2.39. The van der Waals surface area contributed by atoms with Gasteiger partial charge in [0.25, 0.3) is 5.56 Å². The molecular weight excluding hydrogens is 228 g/mol. The van der Waals surface area contributed by atoms with Gasteiger partial charge in [0.2, 0.25) is 0 Å². The molecule has 0 saturated heterocycles. The number of hydrogen-bond donors (Lipinski definition) is 2. The van der Waals surface area contributed by atoms with Crippen LogP contribution >= 0.6 is 0 Å². The number of nitrogen functional groups attached to an aromatic ring is 1. The fourth-order valence-electron chi connectivity index (χ4n) is 2.39. The van der Waals surface area contributed by atoms with Crippen molar-refractivity contribution in [2.45, 2.75) is 13.0 Å². The number of nitrogens with two attached hydrogens (primary N) is 1. The lowest BCUT2D eigenvalue weighted by molar-refractivity contribution is 0.716. The minimum Gasteiger partial charge on any atom is -0.398 e. The topological polar surface area (TPSA) is 75.0 Å². The first-order valence-electron chi connectivity index (χ1n) is 5.90. The summed E-state index contributed by atoms with van der Waals surface area (Å²) in [7, 11) is 0. The molecule has 1 aromatic heterocycles. The van der Waals surface area contributed by atoms with Gasteiger partial charge in [-0.1, -0.05) is 12.1 Å². The average molecular weight is 242 g/mol. The molecule has 5 nitrogen and oxygen atoms in total. The highest BCUT2D eigenvalue weighted by Gasteiger charge is 2.20. The van der Waals surface area contributed by atoms with E-state index in [1.54, 1.807) is 12.4 Å². The zero-order chi connectivity index (χ0) is 12.5. The van der Waals surface area contributed by atoms with E-state index in [0.29, 0.717) is 12.4 Å². The number of nitrogens with one attached hydrogen (secondary N) is 1. The first kappa shape index (κ1) is 10.8. The predicted octanol–water partition coefficient (Wildman–Crippen LogP) is 0.915. The number of nitrogens with zero attached hydrogens (tertiary/aromatic N) is 2. The molecule has 0 spiro atoms. The lowest BCUT2D eigenvalue weighted by Gasteiger charge is -2.29. The molecule has 0 radical (unpaired) electrons. The van der Waals surface area contributed by atoms with E-state index in [4.69, 9.17) is 5.73 Å². The second-order valence-corrected chi connectivity index (χ2v) is 4.40. The third-order valence-electron chi connectivity index (χ3n) is 3.29. The number of benzene rings is 1. The Bertz CT molecular complexity index is 635. The molecule has 0 unspecified atom stereocenters. The molecule has 0 atom stereocenters. The molecule has 92 valence electrons. The van der Waals surface area contributed by atoms with E-state index in [1.807, 2.05) is 17.0 Å². The zero-order valence-corrected chi connectivity index (χ0v) is 9.89. The number of hydrogen-bond acceptors (Lipinski definition) is 4. The zero-order valence-electron chi connectivity index (χ0n) is 9.89. The fraction of sp³-hybridized carbons (Fsp3) is 0.231. The van der Waals surface area contributed by atoms with Crippen LogP contribution in [0.1, 0.15) is 11.1 Å². The summed E-state index contributed by atoms with van der Waals surface area (Å²) in [5.41, 5.74) is 9.01. The van der Waals surface area contributed by atoms with E-state index < -0.39 is 0 Å². The summed E-state index contributed by atoms with van der Waals surface area (Å²) >= 11 is 0. The smallest absolute Gasteiger partial charge is 0.290 e. The number of aromatic amines is 1. The minimum atomic E-state index is -0.148. The highest BCUT2D eigenvalue weighted by molar-refractivity contribution is 5.54. The van der Waals surface area contributed by atoms with Gasteiger partial charge in [-0.25, -0.2) is 4.98 Å². The number of fused-ring (bicyclic) bond motifs is 1. The molecule has 0 fully saturated rings. The van der Waals surface area contributed by atoms with Crippen molar-refractivity contribution in [3.05, 3.63) is 52.1 Å². The molecular formula is C13H14N4O. The Kier molecular flexibility index (Phi) is 2.51. The van der Waals surface area contributed by atoms with E-state index in [2.05, 4.69) is 16.0 Å². The summed E-state index contributed by atoms with van der Waals surface area (Å²) in [6.07, 6.45) is 3.99. The molecule has 1 aliphatic rings. The van der Waals surface area contributed by atoms with Crippen molar-refractivity contribution in [1.82, 2.24) is 9.97 Å². The van der Waals surface area contributed by atoms with Gasteiger partial charge >= 0.3 is 0 Å². The largest absolute Gasteiger partial charge is 0.398 e. The second kappa shape index (κ2) is 4.18. The molecule has 2 aromatic rings. The Hall–Kier alpha value is -2.30. The Morgan fingerprint density at radius 1 is 1.39 bits per heavy atom. The maximum absolute atomic E-state index is 11.7. The normalized spacial score (nSPS) is 14.3. The summed E-state index contributed by atoms with van der Waals surface area (Å²) in [5, 5.41) is 0. The number of anilines is 2. The molecule has 1 aliphatic heterocycles. The van der Waals surface area contributed by atoms with E-state index in [-0.39, 0.29) is 5.56 Å². The van der Waals surface area contributed by atoms with Gasteiger partial charge in [0, 0.05) is 31.2 Å². The minimum absolute atomic E-state index is 0.148. The SMILES string of the molecule is Nc1cccc2c1CCN(c1ncc[nH]c1=O)C2. The third-order valence-corrected chi connectivity index (χ3v) is 3.29. The molecule has 2 heterocycles. The van der Waals surface area contributed by atoms with Gasteiger partial charge in [-0.3, -0.25) is 4.79 Å². The summed E-state index contributed by atoms with van der Waals surface area (Å²) in [6, 6.07) is 5.91. The predicted molar refractivity (Wildman–Crippen MR) is 70.5 cm³/mol. The summed E-state index contributed by atoms with van der Waals surface area (Å²) in [5.74, 6) is 0.477. The van der Waals surface area contributed by atoms with Crippen LogP contribution in [0.15, 0.2) is 35.4 Å². The highest BCUT2D eigenvalue weighted by atomic mass is 16.1.